The first-order valence-electron chi connectivity index (χ1n) is 6.00. The average molecular weight is 281 g/mol. The molecule has 0 bridgehead atoms. The first-order chi connectivity index (χ1) is 8.70. The SMILES string of the molecule is CCc1ccsc1CNCc1ccc(N)c(Cl)c1. The topological polar surface area (TPSA) is 38.0 Å². The minimum absolute atomic E-state index is 0.625. The number of nitrogens with one attached hydrogen (secondary N) is 1. The molecule has 0 atom stereocenters. The number of nitrogens with two attached hydrogens (primary N) is 1. The van der Waals surface area contributed by atoms with Crippen LogP contribution in [0.2, 0.25) is 5.02 Å². The molecule has 0 saturated carbocycles. The van der Waals surface area contributed by atoms with Crippen LogP contribution in [0.5, 0.6) is 0 Å². The maximum Gasteiger partial charge on any atom is 0.0638 e. The zero-order valence-corrected chi connectivity index (χ0v) is 11.9. The molecule has 0 spiro atoms. The maximum atomic E-state index is 5.99. The number of benzene rings is 1. The van der Waals surface area contributed by atoms with Gasteiger partial charge in [0.05, 0.1) is 10.7 Å². The fraction of sp³-hybridized carbons (Fsp3) is 0.286. The largest absolute Gasteiger partial charge is 0.398 e. The van der Waals surface area contributed by atoms with Crippen molar-refractivity contribution in [1.82, 2.24) is 5.32 Å². The van der Waals surface area contributed by atoms with E-state index in [0.29, 0.717) is 10.7 Å². The molecule has 1 aromatic carbocycles. The van der Waals surface area contributed by atoms with Crippen molar-refractivity contribution in [3.63, 3.8) is 0 Å². The number of anilines is 1. The highest BCUT2D eigenvalue weighted by molar-refractivity contribution is 7.10. The van der Waals surface area contributed by atoms with E-state index >= 15 is 0 Å². The number of thiophene rings is 1. The number of hydrogen-bond donors (Lipinski definition) is 2. The molecule has 0 unspecified atom stereocenters. The van der Waals surface area contributed by atoms with Crippen LogP contribution in [-0.2, 0) is 19.5 Å². The second-order valence-corrected chi connectivity index (χ2v) is 5.59. The summed E-state index contributed by atoms with van der Waals surface area (Å²) in [5.41, 5.74) is 8.90. The Morgan fingerprint density at radius 3 is 2.83 bits per heavy atom. The Balaban J connectivity index is 1.90. The maximum absolute atomic E-state index is 5.99. The first-order valence-corrected chi connectivity index (χ1v) is 7.26. The van der Waals surface area contributed by atoms with E-state index in [9.17, 15) is 0 Å². The summed E-state index contributed by atoms with van der Waals surface area (Å²) in [5.74, 6) is 0. The lowest BCUT2D eigenvalue weighted by Crippen LogP contribution is -2.12. The van der Waals surface area contributed by atoms with E-state index in [0.717, 1.165) is 25.1 Å². The Hall–Kier alpha value is -1.03. The molecule has 4 heteroatoms. The van der Waals surface area contributed by atoms with E-state index in [2.05, 4.69) is 23.7 Å². The van der Waals surface area contributed by atoms with Crippen LogP contribution in [0, 0.1) is 0 Å². The van der Waals surface area contributed by atoms with Crippen molar-refractivity contribution >= 4 is 28.6 Å². The van der Waals surface area contributed by atoms with E-state index in [-0.39, 0.29) is 0 Å². The van der Waals surface area contributed by atoms with Crippen molar-refractivity contribution < 1.29 is 0 Å². The van der Waals surface area contributed by atoms with Crippen LogP contribution in [0.3, 0.4) is 0 Å². The number of halogens is 1. The normalized spacial score (nSPS) is 10.8. The second kappa shape index (κ2) is 6.23. The van der Waals surface area contributed by atoms with E-state index in [1.165, 1.54) is 10.4 Å². The molecule has 0 aliphatic rings. The highest BCUT2D eigenvalue weighted by atomic mass is 35.5. The second-order valence-electron chi connectivity index (χ2n) is 4.18. The van der Waals surface area contributed by atoms with Crippen LogP contribution in [-0.4, -0.2) is 0 Å². The Morgan fingerprint density at radius 1 is 1.28 bits per heavy atom. The van der Waals surface area contributed by atoms with E-state index in [1.807, 2.05) is 18.2 Å². The van der Waals surface area contributed by atoms with Gasteiger partial charge in [-0.15, -0.1) is 11.3 Å². The van der Waals surface area contributed by atoms with Gasteiger partial charge in [0.15, 0.2) is 0 Å². The van der Waals surface area contributed by atoms with Gasteiger partial charge in [-0.2, -0.15) is 0 Å². The fourth-order valence-corrected chi connectivity index (χ4v) is 2.99. The predicted molar refractivity (Wildman–Crippen MR) is 80.1 cm³/mol. The number of hydrogen-bond acceptors (Lipinski definition) is 3. The summed E-state index contributed by atoms with van der Waals surface area (Å²) in [6, 6.07) is 7.96. The van der Waals surface area contributed by atoms with Gasteiger partial charge in [-0.3, -0.25) is 0 Å². The van der Waals surface area contributed by atoms with Gasteiger partial charge < -0.3 is 11.1 Å². The molecule has 0 fully saturated rings. The Labute approximate surface area is 117 Å². The summed E-state index contributed by atoms with van der Waals surface area (Å²) >= 11 is 7.80. The zero-order valence-electron chi connectivity index (χ0n) is 10.4. The third-order valence-electron chi connectivity index (χ3n) is 2.90. The molecule has 2 nitrogen and oxygen atoms in total. The standard InChI is InChI=1S/C14H17ClN2S/c1-2-11-5-6-18-14(11)9-17-8-10-3-4-13(16)12(15)7-10/h3-7,17H,2,8-9,16H2,1H3. The number of nitrogen functional groups attached to an aromatic ring is 1. The van der Waals surface area contributed by atoms with Crippen molar-refractivity contribution in [2.75, 3.05) is 5.73 Å². The zero-order chi connectivity index (χ0) is 13.0. The predicted octanol–water partition coefficient (Wildman–Crippen LogP) is 3.84. The van der Waals surface area contributed by atoms with Crippen molar-refractivity contribution in [1.29, 1.82) is 0 Å². The lowest BCUT2D eigenvalue weighted by Gasteiger charge is -2.06. The van der Waals surface area contributed by atoms with Crippen molar-refractivity contribution in [2.24, 2.45) is 0 Å². The summed E-state index contributed by atoms with van der Waals surface area (Å²) in [5, 5.41) is 6.21. The smallest absolute Gasteiger partial charge is 0.0638 e. The lowest BCUT2D eigenvalue weighted by molar-refractivity contribution is 0.697. The summed E-state index contributed by atoms with van der Waals surface area (Å²) in [7, 11) is 0. The molecular formula is C14H17ClN2S. The summed E-state index contributed by atoms with van der Waals surface area (Å²) in [4.78, 5) is 1.42. The summed E-state index contributed by atoms with van der Waals surface area (Å²) in [6.07, 6.45) is 1.09. The average Bonchev–Trinajstić information content (AvgIpc) is 2.81. The molecule has 2 aromatic rings. The number of aryl methyl sites for hydroxylation is 1. The summed E-state index contributed by atoms with van der Waals surface area (Å²) < 4.78 is 0. The van der Waals surface area contributed by atoms with Crippen LogP contribution >= 0.6 is 22.9 Å². The van der Waals surface area contributed by atoms with E-state index < -0.39 is 0 Å². The minimum atomic E-state index is 0.625. The van der Waals surface area contributed by atoms with Crippen molar-refractivity contribution in [3.8, 4) is 0 Å². The minimum Gasteiger partial charge on any atom is -0.398 e. The van der Waals surface area contributed by atoms with Crippen molar-refractivity contribution in [3.05, 3.63) is 50.7 Å². The fourth-order valence-electron chi connectivity index (χ4n) is 1.84. The Kier molecular flexibility index (Phi) is 4.64. The van der Waals surface area contributed by atoms with E-state index in [1.54, 1.807) is 11.3 Å². The molecule has 0 radical (unpaired) electrons. The molecule has 0 amide bonds. The van der Waals surface area contributed by atoms with Crippen LogP contribution in [0.25, 0.3) is 0 Å². The molecule has 0 aliphatic carbocycles. The molecule has 2 rings (SSSR count). The first kappa shape index (κ1) is 13.4. The monoisotopic (exact) mass is 280 g/mol. The highest BCUT2D eigenvalue weighted by Gasteiger charge is 2.02. The molecule has 3 N–H and O–H groups in total. The van der Waals surface area contributed by atoms with Crippen molar-refractivity contribution in [2.45, 2.75) is 26.4 Å². The Morgan fingerprint density at radius 2 is 2.11 bits per heavy atom. The molecule has 0 aliphatic heterocycles. The third-order valence-corrected chi connectivity index (χ3v) is 4.19. The van der Waals surface area contributed by atoms with Gasteiger partial charge in [0.2, 0.25) is 0 Å². The van der Waals surface area contributed by atoms with Gasteiger partial charge in [0, 0.05) is 18.0 Å². The molecule has 1 heterocycles. The van der Waals surface area contributed by atoms with E-state index in [4.69, 9.17) is 17.3 Å². The van der Waals surface area contributed by atoms with Crippen LogP contribution in [0.4, 0.5) is 5.69 Å². The molecule has 0 saturated heterocycles. The van der Waals surface area contributed by atoms with Gasteiger partial charge in [-0.25, -0.2) is 0 Å². The highest BCUT2D eigenvalue weighted by Crippen LogP contribution is 2.20. The molecule has 1 aromatic heterocycles. The van der Waals surface area contributed by atoms with Gasteiger partial charge in [-0.1, -0.05) is 24.6 Å². The quantitative estimate of drug-likeness (QED) is 0.817. The van der Waals surface area contributed by atoms with Crippen LogP contribution in [0.1, 0.15) is 22.9 Å². The summed E-state index contributed by atoms with van der Waals surface area (Å²) in [6.45, 7) is 3.90. The molecular weight excluding hydrogens is 264 g/mol. The van der Waals surface area contributed by atoms with Gasteiger partial charge >= 0.3 is 0 Å². The Bertz CT molecular complexity index is 522. The van der Waals surface area contributed by atoms with Crippen LogP contribution in [0.15, 0.2) is 29.6 Å². The molecule has 96 valence electrons. The third kappa shape index (κ3) is 3.25. The van der Waals surface area contributed by atoms with Gasteiger partial charge in [-0.05, 0) is 41.1 Å². The lowest BCUT2D eigenvalue weighted by atomic mass is 10.2. The van der Waals surface area contributed by atoms with Gasteiger partial charge in [0.1, 0.15) is 0 Å². The molecule has 18 heavy (non-hydrogen) atoms. The van der Waals surface area contributed by atoms with Gasteiger partial charge in [0.25, 0.3) is 0 Å². The number of rotatable bonds is 5. The van der Waals surface area contributed by atoms with Crippen LogP contribution < -0.4 is 11.1 Å².